The highest BCUT2D eigenvalue weighted by molar-refractivity contribution is 5.95. The van der Waals surface area contributed by atoms with E-state index in [1.165, 1.54) is 6.20 Å². The molecular weight excluding hydrogens is 296 g/mol. The van der Waals surface area contributed by atoms with Crippen molar-refractivity contribution >= 4 is 11.9 Å². The largest absolute Gasteiger partial charge is 0.496 e. The quantitative estimate of drug-likeness (QED) is 0.877. The van der Waals surface area contributed by atoms with Crippen LogP contribution in [0.4, 0.5) is 5.95 Å². The van der Waals surface area contributed by atoms with Crippen LogP contribution in [0.25, 0.3) is 0 Å². The summed E-state index contributed by atoms with van der Waals surface area (Å²) in [6.45, 7) is 5.14. The molecule has 1 amide bonds. The van der Waals surface area contributed by atoms with Crippen molar-refractivity contribution in [2.45, 2.75) is 26.3 Å². The highest BCUT2D eigenvalue weighted by atomic mass is 16.5. The van der Waals surface area contributed by atoms with E-state index in [1.54, 1.807) is 39.2 Å². The summed E-state index contributed by atoms with van der Waals surface area (Å²) in [4.78, 5) is 20.0. The number of methoxy groups -OCH3 is 1. The second kappa shape index (κ2) is 6.62. The highest BCUT2D eigenvalue weighted by Crippen LogP contribution is 2.27. The normalized spacial score (nSPS) is 11.0. The van der Waals surface area contributed by atoms with Gasteiger partial charge in [0, 0.05) is 18.3 Å². The summed E-state index contributed by atoms with van der Waals surface area (Å²) in [5, 5.41) is 2.55. The van der Waals surface area contributed by atoms with Gasteiger partial charge in [-0.25, -0.2) is 4.98 Å². The van der Waals surface area contributed by atoms with E-state index < -0.39 is 5.54 Å². The van der Waals surface area contributed by atoms with E-state index in [1.807, 2.05) is 13.0 Å². The van der Waals surface area contributed by atoms with Gasteiger partial charge in [0.05, 0.1) is 12.6 Å². The smallest absolute Gasteiger partial charge is 0.246 e. The number of aryl methyl sites for hydroxylation is 1. The summed E-state index contributed by atoms with van der Waals surface area (Å²) in [6.07, 6.45) is 1.49. The second-order valence-corrected chi connectivity index (χ2v) is 5.63. The van der Waals surface area contributed by atoms with E-state index in [4.69, 9.17) is 15.2 Å². The van der Waals surface area contributed by atoms with Crippen LogP contribution < -0.4 is 20.5 Å². The SMILES string of the molecule is COc1cc(Oc2ccnc(NC(=O)C(C)(C)N)n2)ccc1C. The summed E-state index contributed by atoms with van der Waals surface area (Å²) >= 11 is 0. The lowest BCUT2D eigenvalue weighted by atomic mass is 10.1. The van der Waals surface area contributed by atoms with Crippen LogP contribution in [-0.2, 0) is 4.79 Å². The Morgan fingerprint density at radius 2 is 2.04 bits per heavy atom. The van der Waals surface area contributed by atoms with Crippen molar-refractivity contribution in [2.75, 3.05) is 12.4 Å². The summed E-state index contributed by atoms with van der Waals surface area (Å²) in [6, 6.07) is 7.05. The molecule has 1 heterocycles. The van der Waals surface area contributed by atoms with E-state index in [2.05, 4.69) is 15.3 Å². The van der Waals surface area contributed by atoms with Gasteiger partial charge in [0.2, 0.25) is 17.7 Å². The van der Waals surface area contributed by atoms with E-state index in [-0.39, 0.29) is 11.9 Å². The first-order chi connectivity index (χ1) is 10.8. The Morgan fingerprint density at radius 1 is 1.30 bits per heavy atom. The van der Waals surface area contributed by atoms with Gasteiger partial charge < -0.3 is 15.2 Å². The van der Waals surface area contributed by atoms with Crippen molar-refractivity contribution < 1.29 is 14.3 Å². The first-order valence-electron chi connectivity index (χ1n) is 7.05. The van der Waals surface area contributed by atoms with Crippen molar-refractivity contribution in [3.05, 3.63) is 36.0 Å². The summed E-state index contributed by atoms with van der Waals surface area (Å²) in [5.41, 5.74) is 5.70. The number of hydrogen-bond donors (Lipinski definition) is 2. The first-order valence-corrected chi connectivity index (χ1v) is 7.05. The summed E-state index contributed by atoms with van der Waals surface area (Å²) in [7, 11) is 1.60. The predicted octanol–water partition coefficient (Wildman–Crippen LogP) is 2.26. The molecule has 0 atom stereocenters. The Bertz CT molecular complexity index is 711. The van der Waals surface area contributed by atoms with E-state index in [0.29, 0.717) is 11.6 Å². The van der Waals surface area contributed by atoms with Gasteiger partial charge in [-0.05, 0) is 32.4 Å². The number of nitrogens with two attached hydrogens (primary N) is 1. The van der Waals surface area contributed by atoms with E-state index >= 15 is 0 Å². The maximum Gasteiger partial charge on any atom is 0.246 e. The maximum atomic E-state index is 11.9. The number of rotatable bonds is 5. The third-order valence-corrected chi connectivity index (χ3v) is 3.04. The zero-order valence-corrected chi connectivity index (χ0v) is 13.6. The van der Waals surface area contributed by atoms with E-state index in [9.17, 15) is 4.79 Å². The minimum absolute atomic E-state index is 0.130. The molecule has 0 aliphatic carbocycles. The van der Waals surface area contributed by atoms with Gasteiger partial charge in [0.15, 0.2) is 0 Å². The van der Waals surface area contributed by atoms with Gasteiger partial charge in [-0.15, -0.1) is 0 Å². The van der Waals surface area contributed by atoms with Crippen molar-refractivity contribution in [1.29, 1.82) is 0 Å². The highest BCUT2D eigenvalue weighted by Gasteiger charge is 2.22. The molecule has 0 fully saturated rings. The molecule has 0 saturated carbocycles. The lowest BCUT2D eigenvalue weighted by Gasteiger charge is -2.16. The molecule has 0 spiro atoms. The van der Waals surface area contributed by atoms with Crippen molar-refractivity contribution in [3.63, 3.8) is 0 Å². The zero-order chi connectivity index (χ0) is 17.0. The fourth-order valence-corrected chi connectivity index (χ4v) is 1.71. The Labute approximate surface area is 134 Å². The number of ether oxygens (including phenoxy) is 2. The molecule has 0 aliphatic heterocycles. The van der Waals surface area contributed by atoms with Gasteiger partial charge >= 0.3 is 0 Å². The molecule has 122 valence electrons. The van der Waals surface area contributed by atoms with Gasteiger partial charge in [0.1, 0.15) is 11.5 Å². The minimum Gasteiger partial charge on any atom is -0.496 e. The van der Waals surface area contributed by atoms with Crippen molar-refractivity contribution in [1.82, 2.24) is 9.97 Å². The maximum absolute atomic E-state index is 11.9. The molecule has 2 rings (SSSR count). The van der Waals surface area contributed by atoms with Crippen LogP contribution in [0.5, 0.6) is 17.4 Å². The van der Waals surface area contributed by atoms with Gasteiger partial charge in [-0.2, -0.15) is 4.98 Å². The molecule has 0 radical (unpaired) electrons. The molecule has 1 aromatic heterocycles. The van der Waals surface area contributed by atoms with Crippen molar-refractivity contribution in [2.24, 2.45) is 5.73 Å². The Morgan fingerprint density at radius 3 is 2.70 bits per heavy atom. The van der Waals surface area contributed by atoms with Crippen LogP contribution >= 0.6 is 0 Å². The van der Waals surface area contributed by atoms with Crippen LogP contribution in [0.1, 0.15) is 19.4 Å². The molecule has 0 unspecified atom stereocenters. The second-order valence-electron chi connectivity index (χ2n) is 5.63. The number of carbonyl (C=O) groups excluding carboxylic acids is 1. The molecule has 3 N–H and O–H groups in total. The molecular formula is C16H20N4O3. The minimum atomic E-state index is -1.02. The Hall–Kier alpha value is -2.67. The van der Waals surface area contributed by atoms with Gasteiger partial charge in [0.25, 0.3) is 0 Å². The third kappa shape index (κ3) is 4.40. The van der Waals surface area contributed by atoms with Crippen molar-refractivity contribution in [3.8, 4) is 17.4 Å². The average molecular weight is 316 g/mol. The summed E-state index contributed by atoms with van der Waals surface area (Å²) in [5.74, 6) is 1.34. The van der Waals surface area contributed by atoms with Crippen LogP contribution in [0, 0.1) is 6.92 Å². The number of carbonyl (C=O) groups is 1. The molecule has 7 heteroatoms. The lowest BCUT2D eigenvalue weighted by Crippen LogP contribution is -2.45. The summed E-state index contributed by atoms with van der Waals surface area (Å²) < 4.78 is 10.9. The molecule has 23 heavy (non-hydrogen) atoms. The molecule has 7 nitrogen and oxygen atoms in total. The Balaban J connectivity index is 2.16. The standard InChI is InChI=1S/C16H20N4O3/c1-10-5-6-11(9-12(10)22-4)23-13-7-8-18-15(19-13)20-14(21)16(2,3)17/h5-9H,17H2,1-4H3,(H,18,19,20,21). The number of aromatic nitrogens is 2. The van der Waals surface area contributed by atoms with Crippen LogP contribution in [0.3, 0.4) is 0 Å². The number of nitrogens with one attached hydrogen (secondary N) is 1. The Kier molecular flexibility index (Phi) is 4.80. The molecule has 2 aromatic rings. The molecule has 0 aliphatic rings. The number of anilines is 1. The van der Waals surface area contributed by atoms with Gasteiger partial charge in [-0.3, -0.25) is 10.1 Å². The predicted molar refractivity (Wildman–Crippen MR) is 86.7 cm³/mol. The number of benzene rings is 1. The zero-order valence-electron chi connectivity index (χ0n) is 13.6. The van der Waals surface area contributed by atoms with Gasteiger partial charge in [-0.1, -0.05) is 6.07 Å². The van der Waals surface area contributed by atoms with Crippen LogP contribution in [-0.4, -0.2) is 28.5 Å². The molecule has 0 bridgehead atoms. The fourth-order valence-electron chi connectivity index (χ4n) is 1.71. The average Bonchev–Trinajstić information content (AvgIpc) is 2.48. The molecule has 1 aromatic carbocycles. The first kappa shape index (κ1) is 16.7. The lowest BCUT2D eigenvalue weighted by molar-refractivity contribution is -0.120. The molecule has 0 saturated heterocycles. The van der Waals surface area contributed by atoms with Crippen LogP contribution in [0.2, 0.25) is 0 Å². The monoisotopic (exact) mass is 316 g/mol. The third-order valence-electron chi connectivity index (χ3n) is 3.04. The number of nitrogens with zero attached hydrogens (tertiary/aromatic N) is 2. The van der Waals surface area contributed by atoms with E-state index in [0.717, 1.165) is 11.3 Å². The number of hydrogen-bond acceptors (Lipinski definition) is 6. The topological polar surface area (TPSA) is 99.4 Å². The fraction of sp³-hybridized carbons (Fsp3) is 0.312. The van der Waals surface area contributed by atoms with Crippen LogP contribution in [0.15, 0.2) is 30.5 Å². The number of amides is 1.